The first-order valence-corrected chi connectivity index (χ1v) is 8.51. The molecule has 114 valence electrons. The molecule has 1 aromatic heterocycles. The molecule has 0 bridgehead atoms. The second kappa shape index (κ2) is 6.90. The highest BCUT2D eigenvalue weighted by Crippen LogP contribution is 2.30. The molecule has 0 spiro atoms. The minimum Gasteiger partial charge on any atom is -0.369 e. The molecule has 0 saturated heterocycles. The maximum atomic E-state index is 13.9. The molecule has 2 nitrogen and oxygen atoms in total. The summed E-state index contributed by atoms with van der Waals surface area (Å²) in [7, 11) is 3.94. The molecule has 1 heterocycles. The lowest BCUT2D eigenvalue weighted by atomic mass is 10.0. The summed E-state index contributed by atoms with van der Waals surface area (Å²) in [5.74, 6) is -0.150. The number of hydrogen-bond acceptors (Lipinski definition) is 3. The molecule has 2 aromatic rings. The van der Waals surface area contributed by atoms with E-state index in [1.807, 2.05) is 34.0 Å². The van der Waals surface area contributed by atoms with Crippen molar-refractivity contribution in [2.24, 2.45) is 0 Å². The van der Waals surface area contributed by atoms with Gasteiger partial charge in [-0.15, -0.1) is 11.3 Å². The number of halogens is 2. The molecule has 1 N–H and O–H groups in total. The van der Waals surface area contributed by atoms with E-state index in [0.717, 1.165) is 22.3 Å². The van der Waals surface area contributed by atoms with Crippen molar-refractivity contribution in [3.8, 4) is 0 Å². The number of nitrogens with zero attached hydrogens (tertiary/aromatic N) is 1. The highest BCUT2D eigenvalue weighted by atomic mass is 79.9. The van der Waals surface area contributed by atoms with E-state index in [9.17, 15) is 4.39 Å². The monoisotopic (exact) mass is 370 g/mol. The summed E-state index contributed by atoms with van der Waals surface area (Å²) in [6.45, 7) is 4.66. The zero-order valence-electron chi connectivity index (χ0n) is 12.7. The van der Waals surface area contributed by atoms with E-state index < -0.39 is 0 Å². The molecule has 5 heteroatoms. The second-order valence-corrected chi connectivity index (χ2v) is 7.17. The predicted octanol–water partition coefficient (Wildman–Crippen LogP) is 4.87. The fraction of sp³-hybridized carbons (Fsp3) is 0.375. The number of aryl methyl sites for hydroxylation is 1. The Morgan fingerprint density at radius 3 is 2.67 bits per heavy atom. The van der Waals surface area contributed by atoms with Crippen LogP contribution in [0, 0.1) is 12.7 Å². The molecule has 0 amide bonds. The Hall–Kier alpha value is -0.910. The second-order valence-electron chi connectivity index (χ2n) is 5.26. The molecule has 1 atom stereocenters. The van der Waals surface area contributed by atoms with Gasteiger partial charge in [-0.05, 0) is 66.2 Å². The number of anilines is 1. The Labute approximate surface area is 138 Å². The quantitative estimate of drug-likeness (QED) is 0.806. The smallest absolute Gasteiger partial charge is 0.126 e. The van der Waals surface area contributed by atoms with Crippen LogP contribution in [0.3, 0.4) is 0 Å². The molecule has 0 radical (unpaired) electrons. The Bertz CT molecular complexity index is 627. The summed E-state index contributed by atoms with van der Waals surface area (Å²) in [6.07, 6.45) is 0. The topological polar surface area (TPSA) is 15.3 Å². The van der Waals surface area contributed by atoms with Crippen molar-refractivity contribution in [2.75, 3.05) is 19.0 Å². The summed E-state index contributed by atoms with van der Waals surface area (Å²) >= 11 is 5.20. The highest BCUT2D eigenvalue weighted by Gasteiger charge is 2.16. The molecular formula is C16H20BrFN2S. The average Bonchev–Trinajstić information content (AvgIpc) is 2.85. The SMILES string of the molecule is CNC(C)c1cc(F)c(C)cc1N(C)Cc1cc(Br)cs1. The maximum absolute atomic E-state index is 13.9. The summed E-state index contributed by atoms with van der Waals surface area (Å²) in [5.41, 5.74) is 2.73. The standard InChI is InChI=1S/C16H20BrFN2S/c1-10-5-16(14(7-15(10)18)11(2)19-3)20(4)8-13-6-12(17)9-21-13/h5-7,9,11,19H,8H2,1-4H3. The van der Waals surface area contributed by atoms with Crippen molar-refractivity contribution in [3.63, 3.8) is 0 Å². The molecule has 0 aliphatic carbocycles. The van der Waals surface area contributed by atoms with Gasteiger partial charge in [-0.2, -0.15) is 0 Å². The van der Waals surface area contributed by atoms with Crippen molar-refractivity contribution >= 4 is 33.0 Å². The normalized spacial score (nSPS) is 12.5. The fourth-order valence-corrected chi connectivity index (χ4v) is 3.77. The third-order valence-corrected chi connectivity index (χ3v) is 5.32. The van der Waals surface area contributed by atoms with Gasteiger partial charge in [0.05, 0.1) is 6.54 Å². The first kappa shape index (κ1) is 16.5. The van der Waals surface area contributed by atoms with Gasteiger partial charge in [-0.3, -0.25) is 0 Å². The van der Waals surface area contributed by atoms with E-state index in [2.05, 4.69) is 37.6 Å². The maximum Gasteiger partial charge on any atom is 0.126 e. The van der Waals surface area contributed by atoms with Crippen molar-refractivity contribution < 1.29 is 4.39 Å². The van der Waals surface area contributed by atoms with Gasteiger partial charge in [0.1, 0.15) is 5.82 Å². The van der Waals surface area contributed by atoms with Crippen LogP contribution >= 0.6 is 27.3 Å². The van der Waals surface area contributed by atoms with Crippen molar-refractivity contribution in [2.45, 2.75) is 26.4 Å². The number of rotatable bonds is 5. The van der Waals surface area contributed by atoms with Crippen LogP contribution in [0.25, 0.3) is 0 Å². The predicted molar refractivity (Wildman–Crippen MR) is 92.7 cm³/mol. The van der Waals surface area contributed by atoms with Crippen molar-refractivity contribution in [1.29, 1.82) is 0 Å². The van der Waals surface area contributed by atoms with E-state index >= 15 is 0 Å². The van der Waals surface area contributed by atoms with E-state index in [1.54, 1.807) is 17.4 Å². The van der Waals surface area contributed by atoms with Crippen LogP contribution in [0.5, 0.6) is 0 Å². The third kappa shape index (κ3) is 3.84. The Kier molecular flexibility index (Phi) is 5.41. The van der Waals surface area contributed by atoms with Gasteiger partial charge in [-0.25, -0.2) is 4.39 Å². The molecular weight excluding hydrogens is 351 g/mol. The van der Waals surface area contributed by atoms with Crippen molar-refractivity contribution in [3.05, 3.63) is 49.9 Å². The van der Waals surface area contributed by atoms with E-state index in [1.165, 1.54) is 4.88 Å². The van der Waals surface area contributed by atoms with Crippen LogP contribution in [-0.4, -0.2) is 14.1 Å². The van der Waals surface area contributed by atoms with Gasteiger partial charge in [0, 0.05) is 33.5 Å². The molecule has 21 heavy (non-hydrogen) atoms. The Balaban J connectivity index is 2.34. The van der Waals surface area contributed by atoms with Crippen LogP contribution in [0.4, 0.5) is 10.1 Å². The molecule has 0 saturated carbocycles. The lowest BCUT2D eigenvalue weighted by Crippen LogP contribution is -2.21. The van der Waals surface area contributed by atoms with Gasteiger partial charge in [0.2, 0.25) is 0 Å². The van der Waals surface area contributed by atoms with Gasteiger partial charge < -0.3 is 10.2 Å². The molecule has 0 aliphatic rings. The lowest BCUT2D eigenvalue weighted by Gasteiger charge is -2.25. The summed E-state index contributed by atoms with van der Waals surface area (Å²) in [4.78, 5) is 3.45. The molecule has 0 aliphatic heterocycles. The van der Waals surface area contributed by atoms with Gasteiger partial charge >= 0.3 is 0 Å². The molecule has 1 unspecified atom stereocenters. The third-order valence-electron chi connectivity index (χ3n) is 3.63. The average molecular weight is 371 g/mol. The zero-order valence-corrected chi connectivity index (χ0v) is 15.1. The lowest BCUT2D eigenvalue weighted by molar-refractivity contribution is 0.600. The molecule has 2 rings (SSSR count). The van der Waals surface area contributed by atoms with Crippen LogP contribution < -0.4 is 10.2 Å². The van der Waals surface area contributed by atoms with E-state index in [4.69, 9.17) is 0 Å². The van der Waals surface area contributed by atoms with Crippen LogP contribution in [0.15, 0.2) is 28.1 Å². The van der Waals surface area contributed by atoms with E-state index in [0.29, 0.717) is 5.56 Å². The highest BCUT2D eigenvalue weighted by molar-refractivity contribution is 9.10. The Morgan fingerprint density at radius 2 is 2.10 bits per heavy atom. The number of thiophene rings is 1. The first-order valence-electron chi connectivity index (χ1n) is 6.83. The fourth-order valence-electron chi connectivity index (χ4n) is 2.27. The number of benzene rings is 1. The summed E-state index contributed by atoms with van der Waals surface area (Å²) in [6, 6.07) is 5.81. The van der Waals surface area contributed by atoms with Crippen LogP contribution in [-0.2, 0) is 6.54 Å². The molecule has 0 fully saturated rings. The number of hydrogen-bond donors (Lipinski definition) is 1. The Morgan fingerprint density at radius 1 is 1.38 bits per heavy atom. The first-order chi connectivity index (χ1) is 9.92. The summed E-state index contributed by atoms with van der Waals surface area (Å²) in [5, 5.41) is 5.27. The van der Waals surface area contributed by atoms with E-state index in [-0.39, 0.29) is 11.9 Å². The van der Waals surface area contributed by atoms with Gasteiger partial charge in [0.15, 0.2) is 0 Å². The largest absolute Gasteiger partial charge is 0.369 e. The molecule has 1 aromatic carbocycles. The minimum absolute atomic E-state index is 0.104. The van der Waals surface area contributed by atoms with Crippen molar-refractivity contribution in [1.82, 2.24) is 5.32 Å². The van der Waals surface area contributed by atoms with Crippen LogP contribution in [0.1, 0.15) is 29.0 Å². The van der Waals surface area contributed by atoms with Gasteiger partial charge in [0.25, 0.3) is 0 Å². The zero-order chi connectivity index (χ0) is 15.6. The summed E-state index contributed by atoms with van der Waals surface area (Å²) < 4.78 is 15.0. The van der Waals surface area contributed by atoms with Crippen LogP contribution in [0.2, 0.25) is 0 Å². The number of nitrogens with one attached hydrogen (secondary N) is 1. The van der Waals surface area contributed by atoms with Gasteiger partial charge in [-0.1, -0.05) is 0 Å². The minimum atomic E-state index is -0.150.